The largest absolute Gasteiger partial charge is 0.493 e. The van der Waals surface area contributed by atoms with Crippen molar-refractivity contribution in [1.29, 1.82) is 0 Å². The molecule has 5 rings (SSSR count). The van der Waals surface area contributed by atoms with Crippen molar-refractivity contribution < 1.29 is 9.47 Å². The van der Waals surface area contributed by atoms with Crippen LogP contribution < -0.4 is 9.47 Å². The summed E-state index contributed by atoms with van der Waals surface area (Å²) in [6, 6.07) is 33.0. The number of benzene rings is 4. The Hall–Kier alpha value is -4.03. The van der Waals surface area contributed by atoms with E-state index in [1.807, 2.05) is 42.5 Å². The molecular weight excluding hydrogens is 466 g/mol. The summed E-state index contributed by atoms with van der Waals surface area (Å²) in [6.07, 6.45) is 0. The first-order chi connectivity index (χ1) is 17.7. The van der Waals surface area contributed by atoms with E-state index in [-0.39, 0.29) is 0 Å². The quantitative estimate of drug-likeness (QED) is 0.214. The van der Waals surface area contributed by atoms with Crippen molar-refractivity contribution in [2.45, 2.75) is 17.8 Å². The summed E-state index contributed by atoms with van der Waals surface area (Å²) in [5.41, 5.74) is 6.94. The highest BCUT2D eigenvalue weighted by Gasteiger charge is 2.18. The Labute approximate surface area is 215 Å². The molecule has 1 aromatic heterocycles. The number of hydrogen-bond acceptors (Lipinski definition) is 5. The normalized spacial score (nSPS) is 10.9. The zero-order chi connectivity index (χ0) is 24.9. The number of para-hydroxylation sites is 1. The van der Waals surface area contributed by atoms with E-state index in [9.17, 15) is 0 Å². The van der Waals surface area contributed by atoms with Gasteiger partial charge in [-0.25, -0.2) is 0 Å². The second kappa shape index (κ2) is 10.7. The van der Waals surface area contributed by atoms with E-state index in [1.165, 1.54) is 22.3 Å². The molecule has 0 atom stereocenters. The fourth-order valence-corrected chi connectivity index (χ4v) is 5.26. The number of aromatic nitrogens is 3. The van der Waals surface area contributed by atoms with Crippen LogP contribution in [0.5, 0.6) is 11.5 Å². The Morgan fingerprint density at radius 1 is 0.722 bits per heavy atom. The number of thioether (sulfide) groups is 1. The summed E-state index contributed by atoms with van der Waals surface area (Å²) >= 11 is 1.68. The van der Waals surface area contributed by atoms with Crippen LogP contribution in [0.25, 0.3) is 28.2 Å². The van der Waals surface area contributed by atoms with E-state index in [4.69, 9.17) is 9.47 Å². The van der Waals surface area contributed by atoms with Crippen LogP contribution in [-0.4, -0.2) is 29.0 Å². The van der Waals surface area contributed by atoms with Crippen molar-refractivity contribution in [3.8, 4) is 39.7 Å². The Kier molecular flexibility index (Phi) is 7.05. The van der Waals surface area contributed by atoms with Crippen LogP contribution in [0.3, 0.4) is 0 Å². The Morgan fingerprint density at radius 3 is 2.17 bits per heavy atom. The SMILES string of the molecule is COc1ccc(-c2nnc(SCc3cccc(-c4ccccc4)c3C)n2-c2ccccc2)cc1OC. The molecule has 4 aromatic carbocycles. The molecule has 0 saturated heterocycles. The van der Waals surface area contributed by atoms with Crippen molar-refractivity contribution in [1.82, 2.24) is 14.8 Å². The summed E-state index contributed by atoms with van der Waals surface area (Å²) < 4.78 is 13.0. The molecule has 0 fully saturated rings. The van der Waals surface area contributed by atoms with E-state index < -0.39 is 0 Å². The standard InChI is InChI=1S/C30H27N3O2S/c1-21-24(13-10-16-26(21)22-11-6-4-7-12-22)20-36-30-32-31-29(33(30)25-14-8-5-9-15-25)23-17-18-27(34-2)28(19-23)35-3/h4-19H,20H2,1-3H3. The predicted octanol–water partition coefficient (Wildman–Crippen LogP) is 7.22. The van der Waals surface area contributed by atoms with Gasteiger partial charge in [0, 0.05) is 17.0 Å². The van der Waals surface area contributed by atoms with E-state index in [0.717, 1.165) is 28.0 Å². The first-order valence-corrected chi connectivity index (χ1v) is 12.7. The van der Waals surface area contributed by atoms with Gasteiger partial charge < -0.3 is 9.47 Å². The van der Waals surface area contributed by atoms with Gasteiger partial charge in [-0.1, -0.05) is 78.5 Å². The molecule has 6 heteroatoms. The van der Waals surface area contributed by atoms with Gasteiger partial charge >= 0.3 is 0 Å². The maximum Gasteiger partial charge on any atom is 0.196 e. The van der Waals surface area contributed by atoms with Crippen LogP contribution in [0.2, 0.25) is 0 Å². The molecule has 0 aliphatic heterocycles. The van der Waals surface area contributed by atoms with Gasteiger partial charge in [0.1, 0.15) is 0 Å². The molecule has 0 aliphatic rings. The van der Waals surface area contributed by atoms with Crippen LogP contribution in [0.1, 0.15) is 11.1 Å². The second-order valence-electron chi connectivity index (χ2n) is 8.29. The monoisotopic (exact) mass is 493 g/mol. The molecule has 0 amide bonds. The lowest BCUT2D eigenvalue weighted by Gasteiger charge is -2.14. The first kappa shape index (κ1) is 23.7. The highest BCUT2D eigenvalue weighted by Crippen LogP contribution is 2.35. The molecule has 0 unspecified atom stereocenters. The smallest absolute Gasteiger partial charge is 0.196 e. The van der Waals surface area contributed by atoms with Crippen LogP contribution in [0.4, 0.5) is 0 Å². The summed E-state index contributed by atoms with van der Waals surface area (Å²) in [6.45, 7) is 2.19. The minimum atomic E-state index is 0.653. The van der Waals surface area contributed by atoms with Gasteiger partial charge in [0.15, 0.2) is 22.5 Å². The number of nitrogens with zero attached hydrogens (tertiary/aromatic N) is 3. The molecule has 0 radical (unpaired) electrons. The van der Waals surface area contributed by atoms with Gasteiger partial charge in [-0.15, -0.1) is 10.2 Å². The second-order valence-corrected chi connectivity index (χ2v) is 9.23. The van der Waals surface area contributed by atoms with Crippen molar-refractivity contribution in [3.05, 3.63) is 108 Å². The zero-order valence-electron chi connectivity index (χ0n) is 20.5. The van der Waals surface area contributed by atoms with E-state index >= 15 is 0 Å². The van der Waals surface area contributed by atoms with Crippen LogP contribution in [0, 0.1) is 6.92 Å². The average molecular weight is 494 g/mol. The van der Waals surface area contributed by atoms with Gasteiger partial charge in [-0.2, -0.15) is 0 Å². The van der Waals surface area contributed by atoms with Crippen molar-refractivity contribution >= 4 is 11.8 Å². The third-order valence-corrected chi connectivity index (χ3v) is 7.15. The van der Waals surface area contributed by atoms with Gasteiger partial charge in [-0.05, 0) is 59.5 Å². The first-order valence-electron chi connectivity index (χ1n) is 11.7. The minimum absolute atomic E-state index is 0.653. The van der Waals surface area contributed by atoms with Crippen LogP contribution >= 0.6 is 11.8 Å². The lowest BCUT2D eigenvalue weighted by atomic mass is 9.97. The van der Waals surface area contributed by atoms with Crippen molar-refractivity contribution in [2.75, 3.05) is 14.2 Å². The number of rotatable bonds is 8. The Morgan fingerprint density at radius 2 is 1.44 bits per heavy atom. The fourth-order valence-electron chi connectivity index (χ4n) is 4.25. The molecule has 0 saturated carbocycles. The number of hydrogen-bond donors (Lipinski definition) is 0. The van der Waals surface area contributed by atoms with Gasteiger partial charge in [0.05, 0.1) is 14.2 Å². The van der Waals surface area contributed by atoms with E-state index in [2.05, 4.69) is 76.3 Å². The predicted molar refractivity (Wildman–Crippen MR) is 146 cm³/mol. The lowest BCUT2D eigenvalue weighted by molar-refractivity contribution is 0.355. The Bertz CT molecular complexity index is 1470. The third-order valence-electron chi connectivity index (χ3n) is 6.18. The molecule has 1 heterocycles. The van der Waals surface area contributed by atoms with Crippen LogP contribution in [-0.2, 0) is 5.75 Å². The minimum Gasteiger partial charge on any atom is -0.493 e. The maximum absolute atomic E-state index is 5.53. The molecular formula is C30H27N3O2S. The molecule has 0 N–H and O–H groups in total. The molecule has 180 valence electrons. The summed E-state index contributed by atoms with van der Waals surface area (Å²) in [5, 5.41) is 10.0. The van der Waals surface area contributed by atoms with Gasteiger partial charge in [-0.3, -0.25) is 4.57 Å². The van der Waals surface area contributed by atoms with E-state index in [0.29, 0.717) is 11.5 Å². The number of methoxy groups -OCH3 is 2. The zero-order valence-corrected chi connectivity index (χ0v) is 21.3. The van der Waals surface area contributed by atoms with Crippen molar-refractivity contribution in [3.63, 3.8) is 0 Å². The van der Waals surface area contributed by atoms with Gasteiger partial charge in [0.2, 0.25) is 0 Å². The highest BCUT2D eigenvalue weighted by molar-refractivity contribution is 7.98. The maximum atomic E-state index is 5.53. The van der Waals surface area contributed by atoms with Crippen molar-refractivity contribution in [2.24, 2.45) is 0 Å². The van der Waals surface area contributed by atoms with Gasteiger partial charge in [0.25, 0.3) is 0 Å². The number of ether oxygens (including phenoxy) is 2. The average Bonchev–Trinajstić information content (AvgIpc) is 3.37. The lowest BCUT2D eigenvalue weighted by Crippen LogP contribution is -2.00. The summed E-state index contributed by atoms with van der Waals surface area (Å²) in [7, 11) is 3.27. The van der Waals surface area contributed by atoms with E-state index in [1.54, 1.807) is 26.0 Å². The highest BCUT2D eigenvalue weighted by atomic mass is 32.2. The van der Waals surface area contributed by atoms with Crippen LogP contribution in [0.15, 0.2) is 102 Å². The Balaban J connectivity index is 1.51. The topological polar surface area (TPSA) is 49.2 Å². The summed E-state index contributed by atoms with van der Waals surface area (Å²) in [5.74, 6) is 2.86. The molecule has 0 aliphatic carbocycles. The molecule has 0 spiro atoms. The molecule has 5 aromatic rings. The molecule has 36 heavy (non-hydrogen) atoms. The third kappa shape index (κ3) is 4.72. The summed E-state index contributed by atoms with van der Waals surface area (Å²) in [4.78, 5) is 0. The molecule has 5 nitrogen and oxygen atoms in total. The fraction of sp³-hybridized carbons (Fsp3) is 0.133. The molecule has 0 bridgehead atoms.